The molecule has 15 heavy (non-hydrogen) atoms. The first-order valence-electron chi connectivity index (χ1n) is 5.02. The van der Waals surface area contributed by atoms with Crippen LogP contribution in [-0.2, 0) is 4.79 Å². The highest BCUT2D eigenvalue weighted by Gasteiger charge is 2.21. The minimum atomic E-state index is -0.772. The van der Waals surface area contributed by atoms with Crippen LogP contribution in [0.2, 0.25) is 0 Å². The van der Waals surface area contributed by atoms with Crippen LogP contribution in [0.25, 0.3) is 0 Å². The number of rotatable bonds is 5. The zero-order valence-electron chi connectivity index (χ0n) is 9.30. The van der Waals surface area contributed by atoms with Crippen molar-refractivity contribution in [2.24, 2.45) is 0 Å². The van der Waals surface area contributed by atoms with E-state index in [2.05, 4.69) is 5.38 Å². The summed E-state index contributed by atoms with van der Waals surface area (Å²) in [5.41, 5.74) is 1.19. The second-order valence-corrected chi connectivity index (χ2v) is 4.67. The van der Waals surface area contributed by atoms with E-state index < -0.39 is 5.97 Å². The van der Waals surface area contributed by atoms with Gasteiger partial charge in [0.25, 0.3) is 0 Å². The van der Waals surface area contributed by atoms with Crippen molar-refractivity contribution in [3.63, 3.8) is 0 Å². The standard InChI is InChI=1S/C11H17NO2S/c1-8(2)12(6-11(13)14)9(3)10-4-5-15-7-10/h4-5,7-9H,6H2,1-3H3,(H,13,14). The monoisotopic (exact) mass is 227 g/mol. The van der Waals surface area contributed by atoms with Gasteiger partial charge in [0.15, 0.2) is 0 Å². The third-order valence-corrected chi connectivity index (χ3v) is 3.21. The molecule has 0 saturated carbocycles. The molecule has 0 aliphatic rings. The van der Waals surface area contributed by atoms with E-state index in [1.807, 2.05) is 37.1 Å². The van der Waals surface area contributed by atoms with Crippen LogP contribution in [0.3, 0.4) is 0 Å². The van der Waals surface area contributed by atoms with Crippen LogP contribution in [0, 0.1) is 0 Å². The number of hydrogen-bond acceptors (Lipinski definition) is 3. The summed E-state index contributed by atoms with van der Waals surface area (Å²) in [6.07, 6.45) is 0. The molecule has 1 heterocycles. The molecule has 0 fully saturated rings. The van der Waals surface area contributed by atoms with E-state index in [0.29, 0.717) is 0 Å². The molecule has 0 aliphatic carbocycles. The van der Waals surface area contributed by atoms with E-state index >= 15 is 0 Å². The second kappa shape index (κ2) is 5.28. The normalized spacial score (nSPS) is 13.4. The molecule has 0 spiro atoms. The molecular weight excluding hydrogens is 210 g/mol. The third kappa shape index (κ3) is 3.32. The largest absolute Gasteiger partial charge is 0.480 e. The minimum Gasteiger partial charge on any atom is -0.480 e. The number of hydrogen-bond donors (Lipinski definition) is 1. The van der Waals surface area contributed by atoms with Crippen molar-refractivity contribution in [3.8, 4) is 0 Å². The van der Waals surface area contributed by atoms with Crippen molar-refractivity contribution in [2.75, 3.05) is 6.54 Å². The number of nitrogens with zero attached hydrogens (tertiary/aromatic N) is 1. The maximum atomic E-state index is 10.7. The van der Waals surface area contributed by atoms with Crippen LogP contribution in [0.1, 0.15) is 32.4 Å². The Morgan fingerprint density at radius 2 is 2.20 bits per heavy atom. The van der Waals surface area contributed by atoms with Gasteiger partial charge in [-0.15, -0.1) is 0 Å². The van der Waals surface area contributed by atoms with Gasteiger partial charge in [-0.1, -0.05) is 0 Å². The van der Waals surface area contributed by atoms with E-state index in [-0.39, 0.29) is 18.6 Å². The zero-order valence-corrected chi connectivity index (χ0v) is 10.1. The molecule has 1 rings (SSSR count). The molecule has 0 amide bonds. The first-order chi connectivity index (χ1) is 7.02. The molecule has 0 aromatic carbocycles. The lowest BCUT2D eigenvalue weighted by Crippen LogP contribution is -2.37. The van der Waals surface area contributed by atoms with Crippen LogP contribution in [0.15, 0.2) is 16.8 Å². The molecule has 84 valence electrons. The fourth-order valence-electron chi connectivity index (χ4n) is 1.63. The van der Waals surface area contributed by atoms with Crippen LogP contribution in [0.5, 0.6) is 0 Å². The van der Waals surface area contributed by atoms with E-state index in [0.717, 1.165) is 0 Å². The lowest BCUT2D eigenvalue weighted by Gasteiger charge is -2.30. The second-order valence-electron chi connectivity index (χ2n) is 3.89. The molecular formula is C11H17NO2S. The summed E-state index contributed by atoms with van der Waals surface area (Å²) in [6.45, 7) is 6.18. The van der Waals surface area contributed by atoms with Gasteiger partial charge in [0.1, 0.15) is 0 Å². The summed E-state index contributed by atoms with van der Waals surface area (Å²) in [5, 5.41) is 12.9. The minimum absolute atomic E-state index is 0.0919. The summed E-state index contributed by atoms with van der Waals surface area (Å²) in [6, 6.07) is 2.44. The molecule has 0 aliphatic heterocycles. The number of carboxylic acids is 1. The molecule has 1 N–H and O–H groups in total. The number of carboxylic acid groups (broad SMARTS) is 1. The summed E-state index contributed by atoms with van der Waals surface area (Å²) >= 11 is 1.64. The lowest BCUT2D eigenvalue weighted by atomic mass is 10.1. The Morgan fingerprint density at radius 1 is 1.53 bits per heavy atom. The van der Waals surface area contributed by atoms with Crippen molar-refractivity contribution >= 4 is 17.3 Å². The maximum Gasteiger partial charge on any atom is 0.317 e. The van der Waals surface area contributed by atoms with Crippen molar-refractivity contribution in [1.82, 2.24) is 4.90 Å². The highest BCUT2D eigenvalue weighted by atomic mass is 32.1. The first kappa shape index (κ1) is 12.2. The van der Waals surface area contributed by atoms with E-state index in [1.54, 1.807) is 11.3 Å². The fraction of sp³-hybridized carbons (Fsp3) is 0.545. The van der Waals surface area contributed by atoms with Gasteiger partial charge in [-0.25, -0.2) is 0 Å². The Balaban J connectivity index is 2.76. The predicted molar refractivity (Wildman–Crippen MR) is 62.2 cm³/mol. The third-order valence-electron chi connectivity index (χ3n) is 2.50. The Morgan fingerprint density at radius 3 is 2.60 bits per heavy atom. The molecule has 0 radical (unpaired) electrons. The van der Waals surface area contributed by atoms with Gasteiger partial charge in [0, 0.05) is 12.1 Å². The van der Waals surface area contributed by atoms with Gasteiger partial charge < -0.3 is 5.11 Å². The Hall–Kier alpha value is -0.870. The summed E-state index contributed by atoms with van der Waals surface area (Å²) in [7, 11) is 0. The SMILES string of the molecule is CC(C)N(CC(=O)O)C(C)c1ccsc1. The van der Waals surface area contributed by atoms with Gasteiger partial charge in [-0.05, 0) is 43.2 Å². The Labute approximate surface area is 94.3 Å². The van der Waals surface area contributed by atoms with Crippen LogP contribution in [-0.4, -0.2) is 28.6 Å². The lowest BCUT2D eigenvalue weighted by molar-refractivity contribution is -0.139. The smallest absolute Gasteiger partial charge is 0.317 e. The summed E-state index contributed by atoms with van der Waals surface area (Å²) < 4.78 is 0. The molecule has 0 bridgehead atoms. The predicted octanol–water partition coefficient (Wildman–Crippen LogP) is 2.60. The van der Waals surface area contributed by atoms with Crippen molar-refractivity contribution in [1.29, 1.82) is 0 Å². The van der Waals surface area contributed by atoms with Crippen molar-refractivity contribution in [2.45, 2.75) is 32.9 Å². The number of carbonyl (C=O) groups is 1. The van der Waals surface area contributed by atoms with Crippen LogP contribution < -0.4 is 0 Å². The molecule has 3 nitrogen and oxygen atoms in total. The van der Waals surface area contributed by atoms with Gasteiger partial charge in [-0.3, -0.25) is 9.69 Å². The maximum absolute atomic E-state index is 10.7. The van der Waals surface area contributed by atoms with Crippen LogP contribution >= 0.6 is 11.3 Å². The first-order valence-corrected chi connectivity index (χ1v) is 5.96. The zero-order chi connectivity index (χ0) is 11.4. The molecule has 4 heteroatoms. The van der Waals surface area contributed by atoms with Gasteiger partial charge >= 0.3 is 5.97 Å². The Bertz CT molecular complexity index is 308. The summed E-state index contributed by atoms with van der Waals surface area (Å²) in [4.78, 5) is 12.7. The van der Waals surface area contributed by atoms with E-state index in [1.165, 1.54) is 5.56 Å². The van der Waals surface area contributed by atoms with Crippen molar-refractivity contribution < 1.29 is 9.90 Å². The van der Waals surface area contributed by atoms with E-state index in [9.17, 15) is 4.79 Å². The fourth-order valence-corrected chi connectivity index (χ4v) is 2.37. The number of thiophene rings is 1. The quantitative estimate of drug-likeness (QED) is 0.840. The van der Waals surface area contributed by atoms with Crippen LogP contribution in [0.4, 0.5) is 0 Å². The highest BCUT2D eigenvalue weighted by Crippen LogP contribution is 2.23. The van der Waals surface area contributed by atoms with Gasteiger partial charge in [-0.2, -0.15) is 11.3 Å². The average molecular weight is 227 g/mol. The van der Waals surface area contributed by atoms with Gasteiger partial charge in [0.2, 0.25) is 0 Å². The van der Waals surface area contributed by atoms with Gasteiger partial charge in [0.05, 0.1) is 6.54 Å². The Kier molecular flexibility index (Phi) is 4.29. The highest BCUT2D eigenvalue weighted by molar-refractivity contribution is 7.07. The summed E-state index contributed by atoms with van der Waals surface area (Å²) in [5.74, 6) is -0.772. The number of aliphatic carboxylic acids is 1. The average Bonchev–Trinajstić information content (AvgIpc) is 2.65. The topological polar surface area (TPSA) is 40.5 Å². The molecule has 0 saturated heterocycles. The molecule has 1 unspecified atom stereocenters. The molecule has 1 aromatic rings. The molecule has 1 atom stereocenters. The molecule has 1 aromatic heterocycles. The van der Waals surface area contributed by atoms with E-state index in [4.69, 9.17) is 5.11 Å². The van der Waals surface area contributed by atoms with Crippen molar-refractivity contribution in [3.05, 3.63) is 22.4 Å².